The molecule has 0 N–H and O–H groups in total. The molecule has 5 heteroatoms. The minimum atomic E-state index is -0.169. The molecule has 0 unspecified atom stereocenters. The Balaban J connectivity index is 2.32. The quantitative estimate of drug-likeness (QED) is 0.729. The lowest BCUT2D eigenvalue weighted by Gasteiger charge is -2.03. The number of hydrogen-bond acceptors (Lipinski definition) is 4. The molecular formula is C11H8N4O. The average Bonchev–Trinajstić information content (AvgIpc) is 2.32. The van der Waals surface area contributed by atoms with Gasteiger partial charge in [0.2, 0.25) is 0 Å². The Hall–Kier alpha value is -2.48. The third-order valence-corrected chi connectivity index (χ3v) is 2.06. The number of hydrogen-bond donors (Lipinski definition) is 0. The van der Waals surface area contributed by atoms with E-state index in [0.717, 1.165) is 5.56 Å². The second-order valence-electron chi connectivity index (χ2n) is 3.18. The lowest BCUT2D eigenvalue weighted by molar-refractivity contribution is 0.638. The molecule has 0 aliphatic carbocycles. The van der Waals surface area contributed by atoms with Gasteiger partial charge in [0.15, 0.2) is 0 Å². The predicted molar refractivity (Wildman–Crippen MR) is 56.6 cm³/mol. The van der Waals surface area contributed by atoms with Gasteiger partial charge in [-0.1, -0.05) is 0 Å². The van der Waals surface area contributed by atoms with Crippen LogP contribution in [0.15, 0.2) is 41.5 Å². The van der Waals surface area contributed by atoms with Crippen LogP contribution >= 0.6 is 0 Å². The molecule has 2 aromatic rings. The van der Waals surface area contributed by atoms with Crippen molar-refractivity contribution in [2.24, 2.45) is 0 Å². The molecule has 2 aromatic heterocycles. The molecule has 0 aliphatic heterocycles. The fraction of sp³-hybridized carbons (Fsp3) is 0.0909. The van der Waals surface area contributed by atoms with E-state index in [-0.39, 0.29) is 5.56 Å². The number of pyridine rings is 1. The van der Waals surface area contributed by atoms with Gasteiger partial charge < -0.3 is 0 Å². The van der Waals surface area contributed by atoms with Crippen LogP contribution in [0.3, 0.4) is 0 Å². The molecule has 0 saturated heterocycles. The molecule has 78 valence electrons. The Morgan fingerprint density at radius 3 is 3.00 bits per heavy atom. The van der Waals surface area contributed by atoms with Crippen molar-refractivity contribution in [3.63, 3.8) is 0 Å². The topological polar surface area (TPSA) is 71.6 Å². The summed E-state index contributed by atoms with van der Waals surface area (Å²) in [4.78, 5) is 15.3. The Bertz CT molecular complexity index is 597. The largest absolute Gasteiger partial charge is 0.268 e. The van der Waals surface area contributed by atoms with Gasteiger partial charge in [0.1, 0.15) is 11.8 Å². The summed E-state index contributed by atoms with van der Waals surface area (Å²) in [5.74, 6) is 0. The standard InChI is InChI=1S/C11H8N4O/c12-7-10-6-9(3-5-13-10)8-15-11(16)2-1-4-14-15/h1-6H,8H2. The molecule has 0 bridgehead atoms. The van der Waals surface area contributed by atoms with Crippen LogP contribution in [-0.2, 0) is 6.54 Å². The maximum atomic E-state index is 11.4. The lowest BCUT2D eigenvalue weighted by atomic mass is 10.2. The first-order valence-corrected chi connectivity index (χ1v) is 4.67. The zero-order valence-corrected chi connectivity index (χ0v) is 8.37. The molecule has 0 radical (unpaired) electrons. The SMILES string of the molecule is N#Cc1cc(Cn2ncccc2=O)ccn1. The fourth-order valence-corrected chi connectivity index (χ4v) is 1.31. The summed E-state index contributed by atoms with van der Waals surface area (Å²) < 4.78 is 1.33. The van der Waals surface area contributed by atoms with Crippen molar-refractivity contribution in [2.45, 2.75) is 6.54 Å². The molecular weight excluding hydrogens is 204 g/mol. The van der Waals surface area contributed by atoms with E-state index < -0.39 is 0 Å². The second kappa shape index (κ2) is 4.36. The van der Waals surface area contributed by atoms with Crippen LogP contribution in [0, 0.1) is 11.3 Å². The lowest BCUT2D eigenvalue weighted by Crippen LogP contribution is -2.21. The highest BCUT2D eigenvalue weighted by atomic mass is 16.1. The number of aromatic nitrogens is 3. The summed E-state index contributed by atoms with van der Waals surface area (Å²) in [5.41, 5.74) is 0.992. The summed E-state index contributed by atoms with van der Waals surface area (Å²) >= 11 is 0. The highest BCUT2D eigenvalue weighted by Crippen LogP contribution is 2.01. The summed E-state index contributed by atoms with van der Waals surface area (Å²) in [6.45, 7) is 0.344. The van der Waals surface area contributed by atoms with Gasteiger partial charge in [0, 0.05) is 18.5 Å². The molecule has 0 spiro atoms. The van der Waals surface area contributed by atoms with Crippen molar-refractivity contribution in [3.8, 4) is 6.07 Å². The van der Waals surface area contributed by atoms with Crippen LogP contribution in [0.4, 0.5) is 0 Å². The van der Waals surface area contributed by atoms with Gasteiger partial charge in [-0.25, -0.2) is 9.67 Å². The molecule has 0 atom stereocenters. The number of nitrogens with zero attached hydrogens (tertiary/aromatic N) is 4. The molecule has 16 heavy (non-hydrogen) atoms. The van der Waals surface area contributed by atoms with E-state index in [1.54, 1.807) is 30.6 Å². The predicted octanol–water partition coefficient (Wildman–Crippen LogP) is 0.558. The molecule has 0 amide bonds. The Morgan fingerprint density at radius 2 is 2.25 bits per heavy atom. The van der Waals surface area contributed by atoms with Gasteiger partial charge in [-0.05, 0) is 23.8 Å². The number of rotatable bonds is 2. The Morgan fingerprint density at radius 1 is 1.38 bits per heavy atom. The molecule has 0 aromatic carbocycles. The minimum Gasteiger partial charge on any atom is -0.268 e. The van der Waals surface area contributed by atoms with Crippen molar-refractivity contribution in [1.29, 1.82) is 5.26 Å². The van der Waals surface area contributed by atoms with E-state index >= 15 is 0 Å². The first kappa shape index (κ1) is 10.1. The molecule has 0 saturated carbocycles. The van der Waals surface area contributed by atoms with Crippen molar-refractivity contribution in [3.05, 3.63) is 58.3 Å². The summed E-state index contributed by atoms with van der Waals surface area (Å²) in [5, 5.41) is 12.6. The first-order valence-electron chi connectivity index (χ1n) is 4.67. The number of nitriles is 1. The van der Waals surface area contributed by atoms with Gasteiger partial charge in [0.25, 0.3) is 5.56 Å². The van der Waals surface area contributed by atoms with Crippen LogP contribution in [-0.4, -0.2) is 14.8 Å². The molecule has 0 aliphatic rings. The summed E-state index contributed by atoms with van der Waals surface area (Å²) in [7, 11) is 0. The highest BCUT2D eigenvalue weighted by Gasteiger charge is 1.99. The van der Waals surface area contributed by atoms with Crippen LogP contribution < -0.4 is 5.56 Å². The van der Waals surface area contributed by atoms with Crippen LogP contribution in [0.5, 0.6) is 0 Å². The average molecular weight is 212 g/mol. The van der Waals surface area contributed by atoms with Crippen LogP contribution in [0.1, 0.15) is 11.3 Å². The van der Waals surface area contributed by atoms with E-state index in [2.05, 4.69) is 10.1 Å². The van der Waals surface area contributed by atoms with Crippen molar-refractivity contribution in [2.75, 3.05) is 0 Å². The van der Waals surface area contributed by atoms with Gasteiger partial charge in [0.05, 0.1) is 6.54 Å². The molecule has 2 heterocycles. The van der Waals surface area contributed by atoms with E-state index in [1.807, 2.05) is 6.07 Å². The molecule has 0 fully saturated rings. The molecule has 5 nitrogen and oxygen atoms in total. The Kier molecular flexibility index (Phi) is 2.74. The zero-order chi connectivity index (χ0) is 11.4. The van der Waals surface area contributed by atoms with Crippen molar-refractivity contribution < 1.29 is 0 Å². The molecule has 2 rings (SSSR count). The van der Waals surface area contributed by atoms with Crippen molar-refractivity contribution in [1.82, 2.24) is 14.8 Å². The monoisotopic (exact) mass is 212 g/mol. The maximum absolute atomic E-state index is 11.4. The summed E-state index contributed by atoms with van der Waals surface area (Å²) in [6.07, 6.45) is 3.09. The maximum Gasteiger partial charge on any atom is 0.267 e. The smallest absolute Gasteiger partial charge is 0.267 e. The van der Waals surface area contributed by atoms with Gasteiger partial charge in [-0.3, -0.25) is 4.79 Å². The fourth-order valence-electron chi connectivity index (χ4n) is 1.31. The van der Waals surface area contributed by atoms with Gasteiger partial charge in [-0.15, -0.1) is 0 Å². The van der Waals surface area contributed by atoms with E-state index in [1.165, 1.54) is 10.7 Å². The van der Waals surface area contributed by atoms with E-state index in [9.17, 15) is 4.79 Å². The van der Waals surface area contributed by atoms with Crippen molar-refractivity contribution >= 4 is 0 Å². The van der Waals surface area contributed by atoms with Crippen LogP contribution in [0.25, 0.3) is 0 Å². The van der Waals surface area contributed by atoms with Crippen LogP contribution in [0.2, 0.25) is 0 Å². The Labute approximate surface area is 91.6 Å². The van der Waals surface area contributed by atoms with E-state index in [4.69, 9.17) is 5.26 Å². The summed E-state index contributed by atoms with van der Waals surface area (Å²) in [6, 6.07) is 8.37. The minimum absolute atomic E-state index is 0.169. The van der Waals surface area contributed by atoms with Gasteiger partial charge >= 0.3 is 0 Å². The second-order valence-corrected chi connectivity index (χ2v) is 3.18. The third kappa shape index (κ3) is 2.12. The highest BCUT2D eigenvalue weighted by molar-refractivity contribution is 5.25. The van der Waals surface area contributed by atoms with E-state index in [0.29, 0.717) is 12.2 Å². The first-order chi connectivity index (χ1) is 7.79. The third-order valence-electron chi connectivity index (χ3n) is 2.06. The zero-order valence-electron chi connectivity index (χ0n) is 8.37. The van der Waals surface area contributed by atoms with Gasteiger partial charge in [-0.2, -0.15) is 10.4 Å². The normalized spacial score (nSPS) is 9.69.